The first-order valence-electron chi connectivity index (χ1n) is 4.77. The number of nitrogens with one attached hydrogen (secondary N) is 2. The Balaban J connectivity index is 3.01. The molecular weight excluding hydrogens is 194 g/mol. The SMILES string of the molecule is Cc1nc(NN)c(C)c(NC(C)CO)n1. The molecule has 0 aliphatic rings. The minimum atomic E-state index is -0.0522. The van der Waals surface area contributed by atoms with E-state index in [2.05, 4.69) is 20.7 Å². The van der Waals surface area contributed by atoms with E-state index in [1.165, 1.54) is 0 Å². The van der Waals surface area contributed by atoms with Crippen molar-refractivity contribution < 1.29 is 5.11 Å². The summed E-state index contributed by atoms with van der Waals surface area (Å²) in [7, 11) is 0. The van der Waals surface area contributed by atoms with Crippen LogP contribution in [0.4, 0.5) is 11.6 Å². The van der Waals surface area contributed by atoms with Crippen LogP contribution in [0.5, 0.6) is 0 Å². The van der Waals surface area contributed by atoms with Crippen LogP contribution in [0.2, 0.25) is 0 Å². The van der Waals surface area contributed by atoms with Crippen molar-refractivity contribution in [3.63, 3.8) is 0 Å². The van der Waals surface area contributed by atoms with E-state index in [9.17, 15) is 0 Å². The van der Waals surface area contributed by atoms with E-state index in [4.69, 9.17) is 10.9 Å². The third-order valence-corrected chi connectivity index (χ3v) is 2.05. The Morgan fingerprint density at radius 3 is 2.47 bits per heavy atom. The van der Waals surface area contributed by atoms with Crippen LogP contribution < -0.4 is 16.6 Å². The van der Waals surface area contributed by atoms with Crippen molar-refractivity contribution in [3.05, 3.63) is 11.4 Å². The van der Waals surface area contributed by atoms with Gasteiger partial charge in [-0.25, -0.2) is 15.8 Å². The third-order valence-electron chi connectivity index (χ3n) is 2.05. The number of aromatic nitrogens is 2. The number of rotatable bonds is 4. The summed E-state index contributed by atoms with van der Waals surface area (Å²) in [6.45, 7) is 5.57. The highest BCUT2D eigenvalue weighted by atomic mass is 16.3. The molecule has 0 bridgehead atoms. The van der Waals surface area contributed by atoms with Crippen LogP contribution in [0, 0.1) is 13.8 Å². The number of aryl methyl sites for hydroxylation is 1. The Kier molecular flexibility index (Phi) is 3.81. The number of nitrogen functional groups attached to an aromatic ring is 1. The van der Waals surface area contributed by atoms with Crippen molar-refractivity contribution in [2.75, 3.05) is 17.3 Å². The molecule has 84 valence electrons. The second-order valence-electron chi connectivity index (χ2n) is 3.47. The molecule has 0 saturated carbocycles. The first-order chi connectivity index (χ1) is 7.08. The predicted molar refractivity (Wildman–Crippen MR) is 59.5 cm³/mol. The highest BCUT2D eigenvalue weighted by molar-refractivity contribution is 5.56. The van der Waals surface area contributed by atoms with E-state index >= 15 is 0 Å². The summed E-state index contributed by atoms with van der Waals surface area (Å²) in [4.78, 5) is 8.38. The molecule has 0 fully saturated rings. The van der Waals surface area contributed by atoms with Gasteiger partial charge in [0.1, 0.15) is 17.5 Å². The van der Waals surface area contributed by atoms with Gasteiger partial charge in [0.25, 0.3) is 0 Å². The lowest BCUT2D eigenvalue weighted by Crippen LogP contribution is -2.22. The van der Waals surface area contributed by atoms with Crippen LogP contribution in [0.1, 0.15) is 18.3 Å². The lowest BCUT2D eigenvalue weighted by Gasteiger charge is -2.15. The van der Waals surface area contributed by atoms with Crippen LogP contribution in [0.25, 0.3) is 0 Å². The van der Waals surface area contributed by atoms with Gasteiger partial charge in [-0.3, -0.25) is 0 Å². The van der Waals surface area contributed by atoms with Gasteiger partial charge in [0.05, 0.1) is 6.61 Å². The molecule has 0 radical (unpaired) electrons. The highest BCUT2D eigenvalue weighted by Crippen LogP contribution is 2.19. The van der Waals surface area contributed by atoms with Crippen molar-refractivity contribution in [1.82, 2.24) is 9.97 Å². The minimum Gasteiger partial charge on any atom is -0.394 e. The van der Waals surface area contributed by atoms with Gasteiger partial charge in [-0.1, -0.05) is 0 Å². The Labute approximate surface area is 88.9 Å². The zero-order valence-electron chi connectivity index (χ0n) is 9.20. The molecule has 1 atom stereocenters. The maximum Gasteiger partial charge on any atom is 0.148 e. The summed E-state index contributed by atoms with van der Waals surface area (Å²) in [5.74, 6) is 7.24. The zero-order valence-corrected chi connectivity index (χ0v) is 9.20. The Hall–Kier alpha value is -1.40. The van der Waals surface area contributed by atoms with Gasteiger partial charge in [0.15, 0.2) is 0 Å². The molecule has 6 heteroatoms. The van der Waals surface area contributed by atoms with E-state index < -0.39 is 0 Å². The van der Waals surface area contributed by atoms with Crippen molar-refractivity contribution in [2.24, 2.45) is 5.84 Å². The van der Waals surface area contributed by atoms with E-state index in [-0.39, 0.29) is 12.6 Å². The molecule has 0 aromatic carbocycles. The average Bonchev–Trinajstić information content (AvgIpc) is 2.22. The van der Waals surface area contributed by atoms with Gasteiger partial charge in [-0.05, 0) is 20.8 Å². The normalized spacial score (nSPS) is 12.3. The first kappa shape index (κ1) is 11.7. The topological polar surface area (TPSA) is 96.1 Å². The summed E-state index contributed by atoms with van der Waals surface area (Å²) >= 11 is 0. The smallest absolute Gasteiger partial charge is 0.148 e. The fourth-order valence-corrected chi connectivity index (χ4v) is 1.19. The average molecular weight is 211 g/mol. The van der Waals surface area contributed by atoms with Gasteiger partial charge >= 0.3 is 0 Å². The Bertz CT molecular complexity index is 342. The maximum absolute atomic E-state index is 8.94. The molecule has 1 rings (SSSR count). The highest BCUT2D eigenvalue weighted by Gasteiger charge is 2.09. The molecule has 0 spiro atoms. The van der Waals surface area contributed by atoms with Gasteiger partial charge < -0.3 is 15.8 Å². The second kappa shape index (κ2) is 4.90. The molecule has 1 unspecified atom stereocenters. The molecule has 5 N–H and O–H groups in total. The molecule has 15 heavy (non-hydrogen) atoms. The van der Waals surface area contributed by atoms with Gasteiger partial charge in [0, 0.05) is 11.6 Å². The largest absolute Gasteiger partial charge is 0.394 e. The summed E-state index contributed by atoms with van der Waals surface area (Å²) in [5.41, 5.74) is 3.35. The van der Waals surface area contributed by atoms with Crippen molar-refractivity contribution in [3.8, 4) is 0 Å². The van der Waals surface area contributed by atoms with Crippen molar-refractivity contribution in [2.45, 2.75) is 26.8 Å². The Morgan fingerprint density at radius 1 is 1.33 bits per heavy atom. The lowest BCUT2D eigenvalue weighted by molar-refractivity contribution is 0.281. The van der Waals surface area contributed by atoms with Crippen LogP contribution >= 0.6 is 0 Å². The predicted octanol–water partition coefficient (Wildman–Crippen LogP) is 0.172. The first-order valence-corrected chi connectivity index (χ1v) is 4.77. The molecule has 1 aromatic heterocycles. The van der Waals surface area contributed by atoms with E-state index in [1.54, 1.807) is 6.92 Å². The monoisotopic (exact) mass is 211 g/mol. The molecule has 1 aromatic rings. The van der Waals surface area contributed by atoms with Crippen LogP contribution in [-0.2, 0) is 0 Å². The molecule has 0 amide bonds. The molecule has 6 nitrogen and oxygen atoms in total. The van der Waals surface area contributed by atoms with Crippen LogP contribution in [-0.4, -0.2) is 27.7 Å². The number of hydrazine groups is 1. The van der Waals surface area contributed by atoms with Gasteiger partial charge in [-0.15, -0.1) is 0 Å². The van der Waals surface area contributed by atoms with E-state index in [1.807, 2.05) is 13.8 Å². The quantitative estimate of drug-likeness (QED) is 0.419. The summed E-state index contributed by atoms with van der Waals surface area (Å²) in [6, 6.07) is -0.0522. The number of anilines is 2. The van der Waals surface area contributed by atoms with Crippen molar-refractivity contribution >= 4 is 11.6 Å². The molecule has 0 aliphatic carbocycles. The fraction of sp³-hybridized carbons (Fsp3) is 0.556. The molecular formula is C9H17N5O. The molecule has 1 heterocycles. The van der Waals surface area contributed by atoms with E-state index in [0.29, 0.717) is 17.5 Å². The van der Waals surface area contributed by atoms with Gasteiger partial charge in [0.2, 0.25) is 0 Å². The van der Waals surface area contributed by atoms with E-state index in [0.717, 1.165) is 5.56 Å². The fourth-order valence-electron chi connectivity index (χ4n) is 1.19. The lowest BCUT2D eigenvalue weighted by atomic mass is 10.2. The zero-order chi connectivity index (χ0) is 11.4. The van der Waals surface area contributed by atoms with Crippen LogP contribution in [0.3, 0.4) is 0 Å². The number of aliphatic hydroxyl groups excluding tert-OH is 1. The summed E-state index contributed by atoms with van der Waals surface area (Å²) in [5, 5.41) is 12.0. The molecule has 0 aliphatic heterocycles. The maximum atomic E-state index is 8.94. The summed E-state index contributed by atoms with van der Waals surface area (Å²) in [6.07, 6.45) is 0. The number of nitrogens with zero attached hydrogens (tertiary/aromatic N) is 2. The second-order valence-corrected chi connectivity index (χ2v) is 3.47. The molecule has 0 saturated heterocycles. The summed E-state index contributed by atoms with van der Waals surface area (Å²) < 4.78 is 0. The van der Waals surface area contributed by atoms with Gasteiger partial charge in [-0.2, -0.15) is 0 Å². The number of nitrogens with two attached hydrogens (primary N) is 1. The van der Waals surface area contributed by atoms with Crippen molar-refractivity contribution in [1.29, 1.82) is 0 Å². The standard InChI is InChI=1S/C9H17N5O/c1-5(4-15)11-8-6(2)9(14-10)13-7(3)12-8/h5,15H,4,10H2,1-3H3,(H2,11,12,13,14). The number of aliphatic hydroxyl groups is 1. The number of hydrogen-bond acceptors (Lipinski definition) is 6. The minimum absolute atomic E-state index is 0.0495. The number of hydrogen-bond donors (Lipinski definition) is 4. The van der Waals surface area contributed by atoms with Crippen LogP contribution in [0.15, 0.2) is 0 Å². The third kappa shape index (κ3) is 2.77. The Morgan fingerprint density at radius 2 is 1.93 bits per heavy atom.